The highest BCUT2D eigenvalue weighted by Gasteiger charge is 2.20. The molecule has 0 aromatic heterocycles. The second kappa shape index (κ2) is 9.68. The van der Waals surface area contributed by atoms with E-state index in [0.717, 1.165) is 5.56 Å². The van der Waals surface area contributed by atoms with Crippen molar-refractivity contribution in [3.05, 3.63) is 59.9 Å². The topological polar surface area (TPSA) is 78.9 Å². The number of ether oxygens (including phenoxy) is 1. The zero-order chi connectivity index (χ0) is 19.8. The van der Waals surface area contributed by atoms with Crippen molar-refractivity contribution in [1.82, 2.24) is 10.2 Å². The zero-order valence-electron chi connectivity index (χ0n) is 15.3. The largest absolute Gasteiger partial charge is 0.480 e. The van der Waals surface area contributed by atoms with E-state index < -0.39 is 12.0 Å². The summed E-state index contributed by atoms with van der Waals surface area (Å²) in [6.07, 6.45) is 0. The van der Waals surface area contributed by atoms with Crippen LogP contribution in [0.15, 0.2) is 48.5 Å². The smallest absolute Gasteiger partial charge is 0.320 e. The van der Waals surface area contributed by atoms with Crippen LogP contribution in [-0.4, -0.2) is 41.0 Å². The van der Waals surface area contributed by atoms with Crippen LogP contribution in [0.25, 0.3) is 0 Å². The molecule has 0 aliphatic heterocycles. The fraction of sp³-hybridized carbons (Fsp3) is 0.300. The van der Waals surface area contributed by atoms with E-state index in [9.17, 15) is 19.1 Å². The number of benzene rings is 2. The summed E-state index contributed by atoms with van der Waals surface area (Å²) < 4.78 is 18.8. The van der Waals surface area contributed by atoms with Crippen molar-refractivity contribution in [1.29, 1.82) is 0 Å². The van der Waals surface area contributed by atoms with Crippen LogP contribution in [0.3, 0.4) is 0 Å². The lowest BCUT2D eigenvalue weighted by Gasteiger charge is -2.26. The first-order valence-corrected chi connectivity index (χ1v) is 8.59. The lowest BCUT2D eigenvalue weighted by Crippen LogP contribution is -2.42. The molecular weight excluding hydrogens is 351 g/mol. The van der Waals surface area contributed by atoms with Gasteiger partial charge in [0, 0.05) is 32.6 Å². The third-order valence-electron chi connectivity index (χ3n) is 4.02. The van der Waals surface area contributed by atoms with Crippen molar-refractivity contribution in [2.45, 2.75) is 26.4 Å². The molecule has 0 heterocycles. The third-order valence-corrected chi connectivity index (χ3v) is 4.02. The van der Waals surface area contributed by atoms with Gasteiger partial charge >= 0.3 is 5.97 Å². The molecule has 0 fully saturated rings. The minimum Gasteiger partial charge on any atom is -0.480 e. The van der Waals surface area contributed by atoms with Gasteiger partial charge in [-0.3, -0.25) is 14.5 Å². The van der Waals surface area contributed by atoms with E-state index in [4.69, 9.17) is 4.74 Å². The molecule has 1 amide bonds. The Morgan fingerprint density at radius 1 is 1.19 bits per heavy atom. The maximum Gasteiger partial charge on any atom is 0.320 e. The van der Waals surface area contributed by atoms with Crippen molar-refractivity contribution in [2.24, 2.45) is 0 Å². The normalized spacial score (nSPS) is 11.9. The number of carbonyl (C=O) groups is 2. The predicted octanol–water partition coefficient (Wildman–Crippen LogP) is 3.03. The molecule has 0 aliphatic rings. The van der Waals surface area contributed by atoms with Gasteiger partial charge in [-0.1, -0.05) is 18.2 Å². The van der Waals surface area contributed by atoms with Gasteiger partial charge in [0.1, 0.15) is 23.4 Å². The van der Waals surface area contributed by atoms with Crippen molar-refractivity contribution in [2.75, 3.05) is 13.1 Å². The first-order valence-electron chi connectivity index (χ1n) is 8.59. The molecule has 0 bridgehead atoms. The Morgan fingerprint density at radius 3 is 2.48 bits per heavy atom. The van der Waals surface area contributed by atoms with Gasteiger partial charge in [0.2, 0.25) is 5.91 Å². The fourth-order valence-electron chi connectivity index (χ4n) is 2.51. The molecule has 2 N–H and O–H groups in total. The first kappa shape index (κ1) is 20.4. The van der Waals surface area contributed by atoms with Gasteiger partial charge in [-0.25, -0.2) is 4.39 Å². The van der Waals surface area contributed by atoms with Gasteiger partial charge in [-0.05, 0) is 36.8 Å². The summed E-state index contributed by atoms with van der Waals surface area (Å²) in [5.74, 6) is -0.498. The minimum atomic E-state index is -0.927. The van der Waals surface area contributed by atoms with Crippen LogP contribution < -0.4 is 10.1 Å². The number of carboxylic acids is 1. The van der Waals surface area contributed by atoms with Gasteiger partial charge < -0.3 is 15.2 Å². The summed E-state index contributed by atoms with van der Waals surface area (Å²) in [6.45, 7) is 4.22. The molecule has 144 valence electrons. The summed E-state index contributed by atoms with van der Waals surface area (Å²) >= 11 is 0. The van der Waals surface area contributed by atoms with Gasteiger partial charge in [-0.2, -0.15) is 0 Å². The number of carbonyl (C=O) groups excluding carboxylic acids is 1. The molecule has 7 heteroatoms. The predicted molar refractivity (Wildman–Crippen MR) is 99.1 cm³/mol. The number of rotatable bonds is 9. The van der Waals surface area contributed by atoms with E-state index in [0.29, 0.717) is 31.1 Å². The molecule has 1 atom stereocenters. The maximum absolute atomic E-state index is 13.2. The van der Waals surface area contributed by atoms with E-state index in [1.54, 1.807) is 36.1 Å². The Hall–Kier alpha value is -2.93. The molecule has 0 saturated heterocycles. The fourth-order valence-corrected chi connectivity index (χ4v) is 2.51. The Morgan fingerprint density at radius 2 is 1.89 bits per heavy atom. The summed E-state index contributed by atoms with van der Waals surface area (Å²) in [4.78, 5) is 24.1. The number of hydrogen-bond acceptors (Lipinski definition) is 4. The summed E-state index contributed by atoms with van der Waals surface area (Å²) in [6, 6.07) is 12.3. The van der Waals surface area contributed by atoms with Crippen LogP contribution in [0.4, 0.5) is 4.39 Å². The molecule has 2 aromatic carbocycles. The van der Waals surface area contributed by atoms with E-state index in [1.807, 2.05) is 12.1 Å². The number of hydrogen-bond donors (Lipinski definition) is 2. The average Bonchev–Trinajstić information content (AvgIpc) is 2.61. The number of aliphatic carboxylic acids is 1. The summed E-state index contributed by atoms with van der Waals surface area (Å²) in [7, 11) is 0. The first-order chi connectivity index (χ1) is 12.8. The van der Waals surface area contributed by atoms with Gasteiger partial charge in [-0.15, -0.1) is 0 Å². The molecular formula is C20H23FN2O4. The van der Waals surface area contributed by atoms with Crippen LogP contribution in [0.5, 0.6) is 11.5 Å². The number of nitrogens with zero attached hydrogens (tertiary/aromatic N) is 1. The van der Waals surface area contributed by atoms with Gasteiger partial charge in [0.15, 0.2) is 0 Å². The van der Waals surface area contributed by atoms with Crippen LogP contribution in [0, 0.1) is 5.82 Å². The molecule has 27 heavy (non-hydrogen) atoms. The Labute approximate surface area is 157 Å². The molecule has 0 radical (unpaired) electrons. The lowest BCUT2D eigenvalue weighted by molar-refractivity contribution is -0.142. The molecule has 0 aliphatic carbocycles. The number of halogens is 1. The second-order valence-electron chi connectivity index (χ2n) is 6.17. The monoisotopic (exact) mass is 374 g/mol. The quantitative estimate of drug-likeness (QED) is 0.705. The zero-order valence-corrected chi connectivity index (χ0v) is 15.3. The minimum absolute atomic E-state index is 0.156. The standard InChI is InChI=1S/C20H23FN2O4/c1-14(20(25)26)23(11-10-22-15(2)24)13-16-6-8-18(9-7-16)27-19-5-3-4-17(21)12-19/h3-9,12,14H,10-11,13H2,1-2H3,(H,22,24)(H,25,26). The van der Waals surface area contributed by atoms with Crippen molar-refractivity contribution >= 4 is 11.9 Å². The van der Waals surface area contributed by atoms with Crippen LogP contribution in [0.1, 0.15) is 19.4 Å². The van der Waals surface area contributed by atoms with Gasteiger partial charge in [0.25, 0.3) is 0 Å². The Kier molecular flexibility index (Phi) is 7.31. The highest BCUT2D eigenvalue weighted by Crippen LogP contribution is 2.22. The number of nitrogens with one attached hydrogen (secondary N) is 1. The number of amides is 1. The molecule has 1 unspecified atom stereocenters. The Balaban J connectivity index is 2.01. The molecule has 6 nitrogen and oxygen atoms in total. The molecule has 2 rings (SSSR count). The molecule has 0 saturated carbocycles. The van der Waals surface area contributed by atoms with Crippen LogP contribution >= 0.6 is 0 Å². The van der Waals surface area contributed by atoms with E-state index in [-0.39, 0.29) is 11.7 Å². The van der Waals surface area contributed by atoms with Crippen LogP contribution in [0.2, 0.25) is 0 Å². The summed E-state index contributed by atoms with van der Waals surface area (Å²) in [5.41, 5.74) is 0.900. The third kappa shape index (κ3) is 6.71. The van der Waals surface area contributed by atoms with Crippen molar-refractivity contribution in [3.8, 4) is 11.5 Å². The van der Waals surface area contributed by atoms with Crippen molar-refractivity contribution < 1.29 is 23.8 Å². The second-order valence-corrected chi connectivity index (χ2v) is 6.17. The molecule has 0 spiro atoms. The number of carboxylic acid groups (broad SMARTS) is 1. The molecule has 2 aromatic rings. The highest BCUT2D eigenvalue weighted by atomic mass is 19.1. The maximum atomic E-state index is 13.2. The van der Waals surface area contributed by atoms with E-state index in [2.05, 4.69) is 5.32 Å². The lowest BCUT2D eigenvalue weighted by atomic mass is 10.1. The summed E-state index contributed by atoms with van der Waals surface area (Å²) in [5, 5.41) is 12.0. The van der Waals surface area contributed by atoms with Gasteiger partial charge in [0.05, 0.1) is 0 Å². The average molecular weight is 374 g/mol. The van der Waals surface area contributed by atoms with Crippen LogP contribution in [-0.2, 0) is 16.1 Å². The highest BCUT2D eigenvalue weighted by molar-refractivity contribution is 5.73. The van der Waals surface area contributed by atoms with E-state index >= 15 is 0 Å². The SMILES string of the molecule is CC(=O)NCCN(Cc1ccc(Oc2cccc(F)c2)cc1)C(C)C(=O)O. The Bertz CT molecular complexity index is 780. The van der Waals surface area contributed by atoms with E-state index in [1.165, 1.54) is 19.1 Å². The van der Waals surface area contributed by atoms with Crippen molar-refractivity contribution in [3.63, 3.8) is 0 Å².